The molecule has 0 aliphatic carbocycles. The first kappa shape index (κ1) is 14.5. The number of hydrogen-bond acceptors (Lipinski definition) is 3. The first-order valence-corrected chi connectivity index (χ1v) is 7.34. The zero-order chi connectivity index (χ0) is 13.5. The van der Waals surface area contributed by atoms with Crippen LogP contribution < -0.4 is 0 Å². The summed E-state index contributed by atoms with van der Waals surface area (Å²) in [6.07, 6.45) is 3.05. The molecule has 1 aliphatic heterocycles. The monoisotopic (exact) mass is 263 g/mol. The van der Waals surface area contributed by atoms with Crippen molar-refractivity contribution in [1.82, 2.24) is 4.90 Å². The van der Waals surface area contributed by atoms with Gasteiger partial charge in [0.25, 0.3) is 0 Å². The summed E-state index contributed by atoms with van der Waals surface area (Å²) >= 11 is 0. The van der Waals surface area contributed by atoms with Crippen LogP contribution in [0.5, 0.6) is 0 Å². The number of nitrogens with zero attached hydrogens (tertiary/aromatic N) is 1. The fourth-order valence-electron chi connectivity index (χ4n) is 2.52. The summed E-state index contributed by atoms with van der Waals surface area (Å²) < 4.78 is 5.82. The van der Waals surface area contributed by atoms with E-state index in [9.17, 15) is 5.11 Å². The molecule has 1 N–H and O–H groups in total. The van der Waals surface area contributed by atoms with Crippen molar-refractivity contribution in [3.63, 3.8) is 0 Å². The Kier molecular flexibility index (Phi) is 5.83. The topological polar surface area (TPSA) is 32.7 Å². The van der Waals surface area contributed by atoms with Gasteiger partial charge in [-0.1, -0.05) is 37.3 Å². The van der Waals surface area contributed by atoms with Gasteiger partial charge in [-0.05, 0) is 24.8 Å². The molecule has 2 atom stereocenters. The highest BCUT2D eigenvalue weighted by atomic mass is 16.5. The van der Waals surface area contributed by atoms with Gasteiger partial charge < -0.3 is 9.84 Å². The summed E-state index contributed by atoms with van der Waals surface area (Å²) in [5.74, 6) is 0. The van der Waals surface area contributed by atoms with Crippen molar-refractivity contribution in [2.45, 2.75) is 38.4 Å². The molecule has 106 valence electrons. The highest BCUT2D eigenvalue weighted by Gasteiger charge is 2.21. The predicted octanol–water partition coefficient (Wildman–Crippen LogP) is 2.09. The molecule has 2 rings (SSSR count). The lowest BCUT2D eigenvalue weighted by Crippen LogP contribution is -2.45. The van der Waals surface area contributed by atoms with Gasteiger partial charge in [-0.25, -0.2) is 0 Å². The largest absolute Gasteiger partial charge is 0.392 e. The van der Waals surface area contributed by atoms with Crippen LogP contribution in [-0.2, 0) is 11.2 Å². The molecule has 0 spiro atoms. The standard InChI is InChI=1S/C16H25NO2/c1-2-15(18)12-17-10-11-19-16(13-17)9-8-14-6-4-3-5-7-14/h3-7,15-16,18H,2,8-13H2,1H3/t15-,16-/m1/s1. The number of rotatable bonds is 6. The molecule has 0 aromatic heterocycles. The molecule has 0 saturated carbocycles. The number of aliphatic hydroxyl groups excluding tert-OH is 1. The number of aryl methyl sites for hydroxylation is 1. The Hall–Kier alpha value is -0.900. The molecule has 0 unspecified atom stereocenters. The van der Waals surface area contributed by atoms with Crippen molar-refractivity contribution in [3.8, 4) is 0 Å². The van der Waals surface area contributed by atoms with Crippen LogP contribution in [0.1, 0.15) is 25.3 Å². The molecule has 3 heteroatoms. The van der Waals surface area contributed by atoms with Crippen LogP contribution in [0.15, 0.2) is 30.3 Å². The fraction of sp³-hybridized carbons (Fsp3) is 0.625. The summed E-state index contributed by atoms with van der Waals surface area (Å²) in [6, 6.07) is 10.6. The summed E-state index contributed by atoms with van der Waals surface area (Å²) in [6.45, 7) is 5.48. The number of morpholine rings is 1. The third-order valence-corrected chi connectivity index (χ3v) is 3.76. The summed E-state index contributed by atoms with van der Waals surface area (Å²) in [7, 11) is 0. The summed E-state index contributed by atoms with van der Waals surface area (Å²) in [5, 5.41) is 9.72. The maximum absolute atomic E-state index is 9.72. The van der Waals surface area contributed by atoms with Crippen LogP contribution in [0.3, 0.4) is 0 Å². The predicted molar refractivity (Wildman–Crippen MR) is 77.2 cm³/mol. The van der Waals surface area contributed by atoms with Crippen molar-refractivity contribution >= 4 is 0 Å². The van der Waals surface area contributed by atoms with E-state index >= 15 is 0 Å². The zero-order valence-corrected chi connectivity index (χ0v) is 11.8. The van der Waals surface area contributed by atoms with Crippen molar-refractivity contribution in [2.75, 3.05) is 26.2 Å². The van der Waals surface area contributed by atoms with Gasteiger partial charge in [0.1, 0.15) is 0 Å². The molecule has 3 nitrogen and oxygen atoms in total. The average molecular weight is 263 g/mol. The maximum atomic E-state index is 9.72. The van der Waals surface area contributed by atoms with Crippen LogP contribution >= 0.6 is 0 Å². The smallest absolute Gasteiger partial charge is 0.0705 e. The van der Waals surface area contributed by atoms with E-state index in [-0.39, 0.29) is 6.10 Å². The zero-order valence-electron chi connectivity index (χ0n) is 11.8. The number of hydrogen-bond donors (Lipinski definition) is 1. The van der Waals surface area contributed by atoms with E-state index in [1.54, 1.807) is 0 Å². The summed E-state index contributed by atoms with van der Waals surface area (Å²) in [5.41, 5.74) is 1.37. The molecule has 0 radical (unpaired) electrons. The minimum absolute atomic E-state index is 0.201. The minimum atomic E-state index is -0.201. The van der Waals surface area contributed by atoms with Crippen LogP contribution in [0.25, 0.3) is 0 Å². The van der Waals surface area contributed by atoms with E-state index in [1.807, 2.05) is 6.92 Å². The maximum Gasteiger partial charge on any atom is 0.0705 e. The Bertz CT molecular complexity index is 355. The Labute approximate surface area is 116 Å². The fourth-order valence-corrected chi connectivity index (χ4v) is 2.52. The third kappa shape index (κ3) is 4.94. The van der Waals surface area contributed by atoms with Crippen LogP contribution in [-0.4, -0.2) is 48.5 Å². The van der Waals surface area contributed by atoms with Gasteiger partial charge in [0.05, 0.1) is 18.8 Å². The molecule has 1 aromatic carbocycles. The van der Waals surface area contributed by atoms with Gasteiger partial charge in [0.15, 0.2) is 0 Å². The highest BCUT2D eigenvalue weighted by Crippen LogP contribution is 2.13. The van der Waals surface area contributed by atoms with Gasteiger partial charge in [-0.2, -0.15) is 0 Å². The Morgan fingerprint density at radius 2 is 2.16 bits per heavy atom. The number of aliphatic hydroxyl groups is 1. The van der Waals surface area contributed by atoms with E-state index in [0.29, 0.717) is 6.10 Å². The van der Waals surface area contributed by atoms with Crippen LogP contribution in [0.4, 0.5) is 0 Å². The van der Waals surface area contributed by atoms with Gasteiger partial charge >= 0.3 is 0 Å². The Balaban J connectivity index is 1.75. The van der Waals surface area contributed by atoms with Gasteiger partial charge in [0.2, 0.25) is 0 Å². The highest BCUT2D eigenvalue weighted by molar-refractivity contribution is 5.14. The van der Waals surface area contributed by atoms with E-state index in [2.05, 4.69) is 35.2 Å². The molecule has 1 aromatic rings. The minimum Gasteiger partial charge on any atom is -0.392 e. The molecule has 1 aliphatic rings. The van der Waals surface area contributed by atoms with E-state index < -0.39 is 0 Å². The van der Waals surface area contributed by atoms with Crippen molar-refractivity contribution < 1.29 is 9.84 Å². The van der Waals surface area contributed by atoms with Gasteiger partial charge in [0, 0.05) is 19.6 Å². The average Bonchev–Trinajstić information content (AvgIpc) is 2.46. The van der Waals surface area contributed by atoms with Crippen LogP contribution in [0, 0.1) is 0 Å². The second-order valence-corrected chi connectivity index (χ2v) is 5.34. The first-order chi connectivity index (χ1) is 9.28. The van der Waals surface area contributed by atoms with E-state index in [4.69, 9.17) is 4.74 Å². The molecule has 19 heavy (non-hydrogen) atoms. The SMILES string of the molecule is CC[C@@H](O)CN1CCO[C@H](CCc2ccccc2)C1. The number of ether oxygens (including phenoxy) is 1. The first-order valence-electron chi connectivity index (χ1n) is 7.34. The molecule has 1 fully saturated rings. The quantitative estimate of drug-likeness (QED) is 0.853. The van der Waals surface area contributed by atoms with Gasteiger partial charge in [-0.3, -0.25) is 4.90 Å². The van der Waals surface area contributed by atoms with Gasteiger partial charge in [-0.15, -0.1) is 0 Å². The van der Waals surface area contributed by atoms with E-state index in [1.165, 1.54) is 5.56 Å². The van der Waals surface area contributed by atoms with Crippen molar-refractivity contribution in [2.24, 2.45) is 0 Å². The third-order valence-electron chi connectivity index (χ3n) is 3.76. The van der Waals surface area contributed by atoms with E-state index in [0.717, 1.165) is 45.5 Å². The van der Waals surface area contributed by atoms with Crippen molar-refractivity contribution in [3.05, 3.63) is 35.9 Å². The second kappa shape index (κ2) is 7.63. The molecule has 1 heterocycles. The number of β-amino-alcohol motifs (C(OH)–C–C–N with tert-alkyl or cyclic N) is 1. The Morgan fingerprint density at radius 1 is 1.37 bits per heavy atom. The Morgan fingerprint density at radius 3 is 2.89 bits per heavy atom. The molecular weight excluding hydrogens is 238 g/mol. The normalized spacial score (nSPS) is 22.3. The second-order valence-electron chi connectivity index (χ2n) is 5.34. The van der Waals surface area contributed by atoms with Crippen LogP contribution in [0.2, 0.25) is 0 Å². The number of benzene rings is 1. The molecule has 1 saturated heterocycles. The van der Waals surface area contributed by atoms with Crippen molar-refractivity contribution in [1.29, 1.82) is 0 Å². The lowest BCUT2D eigenvalue weighted by molar-refractivity contribution is -0.0435. The lowest BCUT2D eigenvalue weighted by Gasteiger charge is -2.34. The molecule has 0 bridgehead atoms. The lowest BCUT2D eigenvalue weighted by atomic mass is 10.1. The molecule has 0 amide bonds. The molecular formula is C16H25NO2. The summed E-state index contributed by atoms with van der Waals surface area (Å²) in [4.78, 5) is 2.33.